The molecule has 204 valence electrons. The molecule has 0 atom stereocenters. The maximum absolute atomic E-state index is 15.8. The van der Waals surface area contributed by atoms with Crippen molar-refractivity contribution in [2.24, 2.45) is 5.92 Å². The molecule has 0 radical (unpaired) electrons. The monoisotopic (exact) mass is 538 g/mol. The molecular formula is C30H29F7O. The van der Waals surface area contributed by atoms with Crippen LogP contribution < -0.4 is 4.74 Å². The van der Waals surface area contributed by atoms with E-state index < -0.39 is 35.0 Å². The second-order valence-corrected chi connectivity index (χ2v) is 10.0. The van der Waals surface area contributed by atoms with Crippen LogP contribution in [0.25, 0.3) is 11.1 Å². The van der Waals surface area contributed by atoms with E-state index in [1.165, 1.54) is 37.3 Å². The number of alkyl halides is 3. The molecule has 1 fully saturated rings. The van der Waals surface area contributed by atoms with Gasteiger partial charge < -0.3 is 4.74 Å². The van der Waals surface area contributed by atoms with Crippen molar-refractivity contribution in [3.05, 3.63) is 82.4 Å². The minimum Gasteiger partial charge on any atom is -0.453 e. The van der Waals surface area contributed by atoms with Gasteiger partial charge in [0.15, 0.2) is 11.6 Å². The van der Waals surface area contributed by atoms with Gasteiger partial charge in [0.05, 0.1) is 0 Å². The third-order valence-corrected chi connectivity index (χ3v) is 7.35. The summed E-state index contributed by atoms with van der Waals surface area (Å²) in [4.78, 5) is 0. The number of rotatable bonds is 7. The van der Waals surface area contributed by atoms with E-state index >= 15 is 8.78 Å². The minimum atomic E-state index is -5.21. The van der Waals surface area contributed by atoms with E-state index in [9.17, 15) is 22.0 Å². The van der Waals surface area contributed by atoms with E-state index in [1.807, 2.05) is 0 Å². The quantitative estimate of drug-likeness (QED) is 0.272. The maximum atomic E-state index is 15.8. The second kappa shape index (κ2) is 11.4. The van der Waals surface area contributed by atoms with Gasteiger partial charge in [-0.05, 0) is 79.8 Å². The van der Waals surface area contributed by atoms with Gasteiger partial charge in [-0.2, -0.15) is 13.2 Å². The van der Waals surface area contributed by atoms with Crippen molar-refractivity contribution < 1.29 is 35.5 Å². The molecule has 4 rings (SSSR count). The molecule has 0 heterocycles. The number of ether oxygens (including phenoxy) is 1. The maximum Gasteiger partial charge on any atom is 0.422 e. The zero-order valence-corrected chi connectivity index (χ0v) is 21.2. The topological polar surface area (TPSA) is 9.23 Å². The lowest BCUT2D eigenvalue weighted by Gasteiger charge is -2.29. The first-order valence-electron chi connectivity index (χ1n) is 12.8. The number of halogens is 7. The van der Waals surface area contributed by atoms with Crippen molar-refractivity contribution >= 4 is 0 Å². The van der Waals surface area contributed by atoms with Crippen molar-refractivity contribution in [3.63, 3.8) is 0 Å². The Labute approximate surface area is 217 Å². The third kappa shape index (κ3) is 5.84. The van der Waals surface area contributed by atoms with E-state index in [4.69, 9.17) is 4.74 Å². The molecule has 1 nitrogen and oxygen atoms in total. The molecule has 0 spiro atoms. The average molecular weight is 539 g/mol. The first-order chi connectivity index (χ1) is 18.0. The van der Waals surface area contributed by atoms with E-state index in [1.54, 1.807) is 0 Å². The highest BCUT2D eigenvalue weighted by atomic mass is 19.4. The van der Waals surface area contributed by atoms with Crippen molar-refractivity contribution in [2.45, 2.75) is 70.9 Å². The fourth-order valence-corrected chi connectivity index (χ4v) is 5.37. The van der Waals surface area contributed by atoms with E-state index in [2.05, 4.69) is 6.92 Å². The third-order valence-electron chi connectivity index (χ3n) is 7.35. The molecule has 0 amide bonds. The van der Waals surface area contributed by atoms with Gasteiger partial charge in [-0.15, -0.1) is 0 Å². The molecule has 0 aromatic heterocycles. The van der Waals surface area contributed by atoms with Crippen molar-refractivity contribution in [3.8, 4) is 22.6 Å². The number of hydrogen-bond donors (Lipinski definition) is 0. The van der Waals surface area contributed by atoms with Gasteiger partial charge in [0.25, 0.3) is 0 Å². The molecule has 0 saturated heterocycles. The van der Waals surface area contributed by atoms with Crippen molar-refractivity contribution in [1.29, 1.82) is 0 Å². The minimum absolute atomic E-state index is 0.0334. The van der Waals surface area contributed by atoms with Crippen LogP contribution in [0.4, 0.5) is 30.7 Å². The Morgan fingerprint density at radius 2 is 1.50 bits per heavy atom. The number of unbranched alkanes of at least 4 members (excludes halogenated alkanes) is 1. The van der Waals surface area contributed by atoms with E-state index in [0.717, 1.165) is 32.1 Å². The summed E-state index contributed by atoms with van der Waals surface area (Å²) in [6, 6.07) is 8.17. The highest BCUT2D eigenvalue weighted by Crippen LogP contribution is 2.44. The fraction of sp³-hybridized carbons (Fsp3) is 0.400. The standard InChI is InChI=1S/C30H29F7O/c1-3-4-7-18-10-12-19(13-11-18)26-22(31)14-17(2)29(28(26)34)38-25-9-6-5-8-21(25)20-15-23(32)27(24(33)16-20)30(35,36)37/h5-6,8-9,14-16,18-19H,3-4,7,10-13H2,1-2H3. The number of hydrogen-bond acceptors (Lipinski definition) is 1. The zero-order chi connectivity index (χ0) is 27.6. The molecule has 3 aromatic carbocycles. The molecule has 38 heavy (non-hydrogen) atoms. The summed E-state index contributed by atoms with van der Waals surface area (Å²) in [5.74, 6) is -5.04. The summed E-state index contributed by atoms with van der Waals surface area (Å²) < 4.78 is 104. The van der Waals surface area contributed by atoms with Gasteiger partial charge in [-0.3, -0.25) is 0 Å². The molecule has 0 bridgehead atoms. The van der Waals surface area contributed by atoms with Gasteiger partial charge in [-0.25, -0.2) is 17.6 Å². The summed E-state index contributed by atoms with van der Waals surface area (Å²) in [6.07, 6.45) is 1.24. The van der Waals surface area contributed by atoms with E-state index in [0.29, 0.717) is 30.9 Å². The van der Waals surface area contributed by atoms with E-state index in [-0.39, 0.29) is 39.7 Å². The second-order valence-electron chi connectivity index (χ2n) is 10.0. The lowest BCUT2D eigenvalue weighted by atomic mass is 9.76. The van der Waals surface area contributed by atoms with Crippen molar-refractivity contribution in [2.75, 3.05) is 0 Å². The van der Waals surface area contributed by atoms with Crippen LogP contribution >= 0.6 is 0 Å². The Morgan fingerprint density at radius 3 is 2.11 bits per heavy atom. The first kappa shape index (κ1) is 28.0. The summed E-state index contributed by atoms with van der Waals surface area (Å²) in [7, 11) is 0. The Morgan fingerprint density at radius 1 is 0.868 bits per heavy atom. The van der Waals surface area contributed by atoms with Gasteiger partial charge in [-0.1, -0.05) is 44.4 Å². The summed E-state index contributed by atoms with van der Waals surface area (Å²) in [6.45, 7) is 3.61. The molecule has 1 aliphatic carbocycles. The largest absolute Gasteiger partial charge is 0.453 e. The van der Waals surface area contributed by atoms with Crippen molar-refractivity contribution in [1.82, 2.24) is 0 Å². The molecule has 0 unspecified atom stereocenters. The zero-order valence-electron chi connectivity index (χ0n) is 21.2. The molecule has 8 heteroatoms. The molecule has 0 aliphatic heterocycles. The van der Waals surface area contributed by atoms with Crippen LogP contribution in [-0.2, 0) is 6.18 Å². The summed E-state index contributed by atoms with van der Waals surface area (Å²) in [5.41, 5.74) is -2.01. The summed E-state index contributed by atoms with van der Waals surface area (Å²) >= 11 is 0. The van der Waals surface area contributed by atoms with Crippen LogP contribution in [0.2, 0.25) is 0 Å². The molecule has 0 N–H and O–H groups in total. The Bertz CT molecular complexity index is 1270. The van der Waals surface area contributed by atoms with Crippen LogP contribution in [0.1, 0.15) is 74.5 Å². The predicted octanol–water partition coefficient (Wildman–Crippen LogP) is 10.5. The van der Waals surface area contributed by atoms with Crippen LogP contribution in [-0.4, -0.2) is 0 Å². The number of para-hydroxylation sites is 1. The smallest absolute Gasteiger partial charge is 0.422 e. The average Bonchev–Trinajstić information content (AvgIpc) is 2.85. The fourth-order valence-electron chi connectivity index (χ4n) is 5.37. The van der Waals surface area contributed by atoms with Gasteiger partial charge >= 0.3 is 6.18 Å². The molecule has 1 saturated carbocycles. The lowest BCUT2D eigenvalue weighted by molar-refractivity contribution is -0.142. The summed E-state index contributed by atoms with van der Waals surface area (Å²) in [5, 5.41) is 0. The van der Waals surface area contributed by atoms with Crippen LogP contribution in [0.3, 0.4) is 0 Å². The molecular weight excluding hydrogens is 509 g/mol. The lowest BCUT2D eigenvalue weighted by Crippen LogP contribution is -2.16. The Kier molecular flexibility index (Phi) is 8.38. The first-order valence-corrected chi connectivity index (χ1v) is 12.8. The van der Waals surface area contributed by atoms with Gasteiger partial charge in [0.1, 0.15) is 28.8 Å². The van der Waals surface area contributed by atoms with Gasteiger partial charge in [0, 0.05) is 11.1 Å². The van der Waals surface area contributed by atoms with Gasteiger partial charge in [0.2, 0.25) is 0 Å². The normalized spacial score (nSPS) is 18.0. The van der Waals surface area contributed by atoms with Crippen LogP contribution in [0, 0.1) is 36.1 Å². The molecule has 1 aliphatic rings. The highest BCUT2D eigenvalue weighted by Gasteiger charge is 2.38. The van der Waals surface area contributed by atoms with Crippen LogP contribution in [0.15, 0.2) is 42.5 Å². The Hall–Kier alpha value is -3.03. The SMILES string of the molecule is CCCCC1CCC(c2c(F)cc(C)c(Oc3ccccc3-c3cc(F)c(C(F)(F)F)c(F)c3)c2F)CC1. The number of aryl methyl sites for hydroxylation is 1. The highest BCUT2D eigenvalue weighted by molar-refractivity contribution is 5.71. The predicted molar refractivity (Wildman–Crippen MR) is 132 cm³/mol. The number of benzene rings is 3. The molecule has 3 aromatic rings. The van der Waals surface area contributed by atoms with Crippen LogP contribution in [0.5, 0.6) is 11.5 Å². The Balaban J connectivity index is 1.67.